The first-order chi connectivity index (χ1) is 18.1. The summed E-state index contributed by atoms with van der Waals surface area (Å²) in [6.45, 7) is 5.57. The van der Waals surface area contributed by atoms with Gasteiger partial charge in [-0.3, -0.25) is 9.59 Å². The third-order valence-electron chi connectivity index (χ3n) is 6.72. The molecular weight excluding hydrogens is 460 g/mol. The van der Waals surface area contributed by atoms with Crippen LogP contribution in [0.4, 0.5) is 5.69 Å². The zero-order valence-electron chi connectivity index (χ0n) is 21.8. The minimum atomic E-state index is 0.0504. The van der Waals surface area contributed by atoms with Crippen LogP contribution in [-0.2, 0) is 29.0 Å². The summed E-state index contributed by atoms with van der Waals surface area (Å²) in [6, 6.07) is 25.8. The van der Waals surface area contributed by atoms with Gasteiger partial charge in [0.2, 0.25) is 11.8 Å². The Kier molecular flexibility index (Phi) is 9.08. The molecule has 3 aromatic carbocycles. The Morgan fingerprint density at radius 3 is 2.41 bits per heavy atom. The maximum atomic E-state index is 13.3. The summed E-state index contributed by atoms with van der Waals surface area (Å²) >= 11 is 0. The molecule has 37 heavy (non-hydrogen) atoms. The van der Waals surface area contributed by atoms with Crippen LogP contribution in [-0.4, -0.2) is 34.5 Å². The van der Waals surface area contributed by atoms with Crippen LogP contribution >= 0.6 is 0 Å². The summed E-state index contributed by atoms with van der Waals surface area (Å²) in [4.78, 5) is 32.3. The smallest absolute Gasteiger partial charge is 0.246 e. The molecule has 0 saturated heterocycles. The molecule has 6 heteroatoms. The van der Waals surface area contributed by atoms with Gasteiger partial charge in [-0.15, -0.1) is 0 Å². The fraction of sp³-hybridized carbons (Fsp3) is 0.323. The quantitative estimate of drug-likeness (QED) is 0.265. The van der Waals surface area contributed by atoms with E-state index < -0.39 is 0 Å². The van der Waals surface area contributed by atoms with Gasteiger partial charge in [0.05, 0.1) is 17.5 Å². The number of amides is 2. The van der Waals surface area contributed by atoms with Crippen molar-refractivity contribution in [3.05, 3.63) is 95.8 Å². The van der Waals surface area contributed by atoms with Gasteiger partial charge in [0.1, 0.15) is 12.4 Å². The van der Waals surface area contributed by atoms with Gasteiger partial charge in [-0.2, -0.15) is 0 Å². The van der Waals surface area contributed by atoms with Crippen LogP contribution in [0.15, 0.2) is 78.9 Å². The third-order valence-corrected chi connectivity index (χ3v) is 6.72. The SMILES string of the molecule is CCN(C(=O)Cn1c(CCCCCNC(=O)Cc2ccccc2C)nc2ccccc21)c1ccccc1. The molecule has 0 radical (unpaired) electrons. The highest BCUT2D eigenvalue weighted by atomic mass is 16.2. The van der Waals surface area contributed by atoms with Crippen molar-refractivity contribution in [2.75, 3.05) is 18.0 Å². The van der Waals surface area contributed by atoms with E-state index in [1.807, 2.05) is 97.6 Å². The van der Waals surface area contributed by atoms with E-state index in [0.29, 0.717) is 19.5 Å². The number of para-hydroxylation sites is 3. The fourth-order valence-corrected chi connectivity index (χ4v) is 4.68. The monoisotopic (exact) mass is 496 g/mol. The predicted molar refractivity (Wildman–Crippen MR) is 150 cm³/mol. The minimum absolute atomic E-state index is 0.0504. The lowest BCUT2D eigenvalue weighted by atomic mass is 10.1. The molecule has 0 saturated carbocycles. The molecule has 0 spiro atoms. The number of unbranched alkanes of at least 4 members (excludes halogenated alkanes) is 2. The maximum absolute atomic E-state index is 13.3. The Labute approximate surface area is 219 Å². The summed E-state index contributed by atoms with van der Waals surface area (Å²) in [5.41, 5.74) is 5.02. The number of hydrogen-bond donors (Lipinski definition) is 1. The van der Waals surface area contributed by atoms with Gasteiger partial charge >= 0.3 is 0 Å². The molecule has 6 nitrogen and oxygen atoms in total. The molecule has 1 aromatic heterocycles. The predicted octanol–water partition coefficient (Wildman–Crippen LogP) is 5.47. The zero-order valence-corrected chi connectivity index (χ0v) is 21.8. The van der Waals surface area contributed by atoms with Crippen LogP contribution in [0.1, 0.15) is 43.1 Å². The fourth-order valence-electron chi connectivity index (χ4n) is 4.68. The molecule has 4 rings (SSSR count). The second-order valence-electron chi connectivity index (χ2n) is 9.34. The van der Waals surface area contributed by atoms with E-state index in [-0.39, 0.29) is 18.4 Å². The average molecular weight is 497 g/mol. The van der Waals surface area contributed by atoms with Crippen molar-refractivity contribution in [1.29, 1.82) is 0 Å². The molecule has 0 unspecified atom stereocenters. The number of nitrogens with one attached hydrogen (secondary N) is 1. The molecule has 0 aliphatic heterocycles. The molecule has 1 N–H and O–H groups in total. The van der Waals surface area contributed by atoms with Crippen LogP contribution in [0, 0.1) is 6.92 Å². The lowest BCUT2D eigenvalue weighted by Crippen LogP contribution is -2.34. The van der Waals surface area contributed by atoms with E-state index in [1.165, 1.54) is 0 Å². The number of likely N-dealkylation sites (N-methyl/N-ethyl adjacent to an activating group) is 1. The van der Waals surface area contributed by atoms with Gasteiger partial charge in [-0.1, -0.05) is 61.0 Å². The second kappa shape index (κ2) is 12.9. The molecule has 0 atom stereocenters. The highest BCUT2D eigenvalue weighted by molar-refractivity contribution is 5.94. The topological polar surface area (TPSA) is 67.2 Å². The van der Waals surface area contributed by atoms with Crippen molar-refractivity contribution in [2.45, 2.75) is 52.5 Å². The molecule has 2 amide bonds. The number of rotatable bonds is 12. The minimum Gasteiger partial charge on any atom is -0.356 e. The Bertz CT molecular complexity index is 1330. The second-order valence-corrected chi connectivity index (χ2v) is 9.34. The van der Waals surface area contributed by atoms with Gasteiger partial charge in [-0.05, 0) is 62.1 Å². The number of nitrogens with zero attached hydrogens (tertiary/aromatic N) is 3. The average Bonchev–Trinajstić information content (AvgIpc) is 3.25. The van der Waals surface area contributed by atoms with Crippen LogP contribution in [0.5, 0.6) is 0 Å². The molecular formula is C31H36N4O2. The van der Waals surface area contributed by atoms with Gasteiger partial charge in [0.25, 0.3) is 0 Å². The molecule has 0 aliphatic rings. The Morgan fingerprint density at radius 2 is 1.62 bits per heavy atom. The zero-order chi connectivity index (χ0) is 26.0. The highest BCUT2D eigenvalue weighted by Crippen LogP contribution is 2.20. The Balaban J connectivity index is 1.31. The van der Waals surface area contributed by atoms with Crippen molar-refractivity contribution >= 4 is 28.5 Å². The number of carbonyl (C=O) groups is 2. The largest absolute Gasteiger partial charge is 0.356 e. The Hall–Kier alpha value is -3.93. The first kappa shape index (κ1) is 26.1. The first-order valence-corrected chi connectivity index (χ1v) is 13.2. The normalized spacial score (nSPS) is 11.0. The molecule has 1 heterocycles. The highest BCUT2D eigenvalue weighted by Gasteiger charge is 2.18. The van der Waals surface area contributed by atoms with Crippen LogP contribution < -0.4 is 10.2 Å². The van der Waals surface area contributed by atoms with E-state index in [9.17, 15) is 9.59 Å². The number of fused-ring (bicyclic) bond motifs is 1. The molecule has 0 aliphatic carbocycles. The standard InChI is InChI=1S/C31H36N4O2/c1-3-34(26-16-6-4-7-17-26)31(37)23-35-28-19-12-11-18-27(28)33-29(35)20-8-5-13-21-32-30(36)22-25-15-10-9-14-24(25)2/h4,6-7,9-12,14-19H,3,5,8,13,20-23H2,1-2H3,(H,32,36). The van der Waals surface area contributed by atoms with Crippen molar-refractivity contribution in [1.82, 2.24) is 14.9 Å². The van der Waals surface area contributed by atoms with E-state index in [2.05, 4.69) is 9.88 Å². The Morgan fingerprint density at radius 1 is 0.892 bits per heavy atom. The summed E-state index contributed by atoms with van der Waals surface area (Å²) < 4.78 is 2.06. The number of aromatic nitrogens is 2. The molecule has 4 aromatic rings. The lowest BCUT2D eigenvalue weighted by molar-refractivity contribution is -0.120. The van der Waals surface area contributed by atoms with E-state index in [0.717, 1.165) is 59.4 Å². The third kappa shape index (κ3) is 6.85. The van der Waals surface area contributed by atoms with Crippen molar-refractivity contribution in [3.63, 3.8) is 0 Å². The number of carbonyl (C=O) groups excluding carboxylic acids is 2. The van der Waals surface area contributed by atoms with Crippen molar-refractivity contribution < 1.29 is 9.59 Å². The van der Waals surface area contributed by atoms with Crippen molar-refractivity contribution in [3.8, 4) is 0 Å². The number of hydrogen-bond acceptors (Lipinski definition) is 3. The first-order valence-electron chi connectivity index (χ1n) is 13.2. The van der Waals surface area contributed by atoms with Crippen molar-refractivity contribution in [2.24, 2.45) is 0 Å². The molecule has 0 bridgehead atoms. The van der Waals surface area contributed by atoms with E-state index in [4.69, 9.17) is 4.98 Å². The number of benzene rings is 3. The summed E-state index contributed by atoms with van der Waals surface area (Å²) in [5.74, 6) is 1.05. The van der Waals surface area contributed by atoms with Gasteiger partial charge in [-0.25, -0.2) is 4.98 Å². The summed E-state index contributed by atoms with van der Waals surface area (Å²) in [7, 11) is 0. The number of imidazole rings is 1. The summed E-state index contributed by atoms with van der Waals surface area (Å²) in [6.07, 6.45) is 4.05. The van der Waals surface area contributed by atoms with Crippen LogP contribution in [0.3, 0.4) is 0 Å². The number of aryl methyl sites for hydroxylation is 2. The van der Waals surface area contributed by atoms with Gasteiger partial charge in [0, 0.05) is 25.2 Å². The molecule has 0 fully saturated rings. The number of anilines is 1. The van der Waals surface area contributed by atoms with Crippen LogP contribution in [0.2, 0.25) is 0 Å². The maximum Gasteiger partial charge on any atom is 0.246 e. The summed E-state index contributed by atoms with van der Waals surface area (Å²) in [5, 5.41) is 3.04. The van der Waals surface area contributed by atoms with Gasteiger partial charge in [0.15, 0.2) is 0 Å². The van der Waals surface area contributed by atoms with Crippen LogP contribution in [0.25, 0.3) is 11.0 Å². The lowest BCUT2D eigenvalue weighted by Gasteiger charge is -2.22. The molecule has 192 valence electrons. The van der Waals surface area contributed by atoms with E-state index >= 15 is 0 Å². The van der Waals surface area contributed by atoms with Gasteiger partial charge < -0.3 is 14.8 Å². The van der Waals surface area contributed by atoms with E-state index in [1.54, 1.807) is 0 Å².